The Balaban J connectivity index is 1.81. The monoisotopic (exact) mass is 337 g/mol. The first kappa shape index (κ1) is 18.0. The summed E-state index contributed by atoms with van der Waals surface area (Å²) in [7, 11) is 0. The van der Waals surface area contributed by atoms with E-state index in [2.05, 4.69) is 5.32 Å². The van der Waals surface area contributed by atoms with Crippen molar-refractivity contribution in [1.82, 2.24) is 5.32 Å². The van der Waals surface area contributed by atoms with Crippen LogP contribution in [0, 0.1) is 0 Å². The first-order valence-electron chi connectivity index (χ1n) is 7.46. The lowest BCUT2D eigenvalue weighted by atomic mass is 10.1. The predicted octanol–water partition coefficient (Wildman–Crippen LogP) is 4.04. The van der Waals surface area contributed by atoms with E-state index in [0.717, 1.165) is 29.8 Å². The summed E-state index contributed by atoms with van der Waals surface area (Å²) in [5.74, 6) is -0.431. The number of nitrogens with one attached hydrogen (secondary N) is 1. The van der Waals surface area contributed by atoms with Crippen LogP contribution in [0.25, 0.3) is 0 Å². The van der Waals surface area contributed by atoms with Crippen LogP contribution in [0.1, 0.15) is 28.4 Å². The van der Waals surface area contributed by atoms with E-state index in [1.807, 2.05) is 30.3 Å². The first-order chi connectivity index (χ1) is 11.4. The Morgan fingerprint density at radius 2 is 1.71 bits per heavy atom. The first-order valence-corrected chi connectivity index (χ1v) is 7.46. The summed E-state index contributed by atoms with van der Waals surface area (Å²) in [4.78, 5) is 12.0. The Labute approximate surface area is 138 Å². The van der Waals surface area contributed by atoms with Gasteiger partial charge in [-0.1, -0.05) is 30.3 Å². The number of amides is 1. The lowest BCUT2D eigenvalue weighted by Crippen LogP contribution is -2.35. The topological polar surface area (TPSA) is 38.3 Å². The van der Waals surface area contributed by atoms with Gasteiger partial charge in [0.05, 0.1) is 18.8 Å². The minimum Gasteiger partial charge on any atom is -0.375 e. The fourth-order valence-electron chi connectivity index (χ4n) is 2.09. The van der Waals surface area contributed by atoms with Gasteiger partial charge in [0.25, 0.3) is 5.91 Å². The zero-order valence-corrected chi connectivity index (χ0v) is 13.1. The average molecular weight is 337 g/mol. The molecule has 0 aliphatic carbocycles. The highest BCUT2D eigenvalue weighted by atomic mass is 19.4. The molecule has 6 heteroatoms. The highest BCUT2D eigenvalue weighted by Crippen LogP contribution is 2.29. The molecule has 1 atom stereocenters. The molecule has 24 heavy (non-hydrogen) atoms. The van der Waals surface area contributed by atoms with Gasteiger partial charge in [0, 0.05) is 11.6 Å². The molecule has 0 saturated carbocycles. The predicted molar refractivity (Wildman–Crippen MR) is 84.5 cm³/mol. The van der Waals surface area contributed by atoms with Crippen molar-refractivity contribution in [2.75, 3.05) is 6.61 Å². The SMILES string of the molecule is CC(COCc1ccccc1)NC(=O)c1ccc(C(F)(F)F)cc1. The van der Waals surface area contributed by atoms with Crippen molar-refractivity contribution in [3.8, 4) is 0 Å². The molecule has 0 saturated heterocycles. The highest BCUT2D eigenvalue weighted by Gasteiger charge is 2.30. The van der Waals surface area contributed by atoms with Gasteiger partial charge in [0.1, 0.15) is 0 Å². The fraction of sp³-hybridized carbons (Fsp3) is 0.278. The molecule has 1 N–H and O–H groups in total. The second-order valence-electron chi connectivity index (χ2n) is 5.45. The average Bonchev–Trinajstić information content (AvgIpc) is 2.55. The number of alkyl halides is 3. The van der Waals surface area contributed by atoms with E-state index in [0.29, 0.717) is 13.2 Å². The second kappa shape index (κ2) is 7.97. The maximum absolute atomic E-state index is 12.5. The van der Waals surface area contributed by atoms with Crippen molar-refractivity contribution in [2.45, 2.75) is 25.7 Å². The van der Waals surface area contributed by atoms with E-state index in [9.17, 15) is 18.0 Å². The highest BCUT2D eigenvalue weighted by molar-refractivity contribution is 5.94. The third-order valence-corrected chi connectivity index (χ3v) is 3.33. The molecule has 2 aromatic rings. The standard InChI is InChI=1S/C18H18F3NO2/c1-13(11-24-12-14-5-3-2-4-6-14)22-17(23)15-7-9-16(10-8-15)18(19,20)21/h2-10,13H,11-12H2,1H3,(H,22,23). The van der Waals surface area contributed by atoms with Crippen molar-refractivity contribution in [3.63, 3.8) is 0 Å². The number of carbonyl (C=O) groups is 1. The molecule has 0 spiro atoms. The molecule has 0 aliphatic rings. The van der Waals surface area contributed by atoms with Gasteiger partial charge < -0.3 is 10.1 Å². The molecular formula is C18H18F3NO2. The summed E-state index contributed by atoms with van der Waals surface area (Å²) in [5, 5.41) is 2.70. The Hall–Kier alpha value is -2.34. The molecular weight excluding hydrogens is 319 g/mol. The minimum atomic E-state index is -4.41. The molecule has 0 heterocycles. The molecule has 0 bridgehead atoms. The smallest absolute Gasteiger partial charge is 0.375 e. The third-order valence-electron chi connectivity index (χ3n) is 3.33. The maximum atomic E-state index is 12.5. The summed E-state index contributed by atoms with van der Waals surface area (Å²) in [6, 6.07) is 13.5. The van der Waals surface area contributed by atoms with Crippen molar-refractivity contribution in [3.05, 3.63) is 71.3 Å². The molecule has 128 valence electrons. The Bertz CT molecular complexity index is 654. The van der Waals surface area contributed by atoms with Gasteiger partial charge in [-0.2, -0.15) is 13.2 Å². The molecule has 0 aromatic heterocycles. The molecule has 2 rings (SSSR count). The lowest BCUT2D eigenvalue weighted by Gasteiger charge is -2.15. The van der Waals surface area contributed by atoms with E-state index in [-0.39, 0.29) is 11.6 Å². The molecule has 0 fully saturated rings. The van der Waals surface area contributed by atoms with Crippen molar-refractivity contribution < 1.29 is 22.7 Å². The third kappa shape index (κ3) is 5.38. The van der Waals surface area contributed by atoms with Crippen LogP contribution in [0.15, 0.2) is 54.6 Å². The minimum absolute atomic E-state index is 0.179. The number of rotatable bonds is 6. The van der Waals surface area contributed by atoms with Gasteiger partial charge in [0.2, 0.25) is 0 Å². The van der Waals surface area contributed by atoms with Crippen molar-refractivity contribution in [2.24, 2.45) is 0 Å². The van der Waals surface area contributed by atoms with E-state index in [1.165, 1.54) is 0 Å². The van der Waals surface area contributed by atoms with Crippen LogP contribution in [0.3, 0.4) is 0 Å². The van der Waals surface area contributed by atoms with Crippen LogP contribution >= 0.6 is 0 Å². The Morgan fingerprint density at radius 3 is 2.29 bits per heavy atom. The van der Waals surface area contributed by atoms with Crippen molar-refractivity contribution >= 4 is 5.91 Å². The number of benzene rings is 2. The van der Waals surface area contributed by atoms with Crippen LogP contribution < -0.4 is 5.32 Å². The van der Waals surface area contributed by atoms with Crippen LogP contribution in [0.2, 0.25) is 0 Å². The van der Waals surface area contributed by atoms with E-state index < -0.39 is 17.6 Å². The summed E-state index contributed by atoms with van der Waals surface area (Å²) >= 11 is 0. The van der Waals surface area contributed by atoms with Crippen LogP contribution in [0.5, 0.6) is 0 Å². The molecule has 3 nitrogen and oxygen atoms in total. The van der Waals surface area contributed by atoms with E-state index in [1.54, 1.807) is 6.92 Å². The Morgan fingerprint density at radius 1 is 1.08 bits per heavy atom. The molecule has 1 amide bonds. The maximum Gasteiger partial charge on any atom is 0.416 e. The summed E-state index contributed by atoms with van der Waals surface area (Å²) in [5.41, 5.74) is 0.426. The number of halogens is 3. The zero-order valence-electron chi connectivity index (χ0n) is 13.1. The lowest BCUT2D eigenvalue weighted by molar-refractivity contribution is -0.137. The normalized spacial score (nSPS) is 12.7. The summed E-state index contributed by atoms with van der Waals surface area (Å²) < 4.78 is 43.0. The summed E-state index contributed by atoms with van der Waals surface area (Å²) in [6.45, 7) is 2.51. The van der Waals surface area contributed by atoms with E-state index in [4.69, 9.17) is 4.74 Å². The molecule has 2 aromatic carbocycles. The van der Waals surface area contributed by atoms with Crippen LogP contribution in [0.4, 0.5) is 13.2 Å². The quantitative estimate of drug-likeness (QED) is 0.864. The number of hydrogen-bond donors (Lipinski definition) is 1. The molecule has 0 aliphatic heterocycles. The second-order valence-corrected chi connectivity index (χ2v) is 5.45. The Kier molecular flexibility index (Phi) is 5.98. The van der Waals surface area contributed by atoms with Gasteiger partial charge in [-0.3, -0.25) is 4.79 Å². The zero-order chi connectivity index (χ0) is 17.6. The van der Waals surface area contributed by atoms with Gasteiger partial charge in [-0.15, -0.1) is 0 Å². The van der Waals surface area contributed by atoms with Gasteiger partial charge in [-0.25, -0.2) is 0 Å². The van der Waals surface area contributed by atoms with Crippen LogP contribution in [-0.4, -0.2) is 18.6 Å². The van der Waals surface area contributed by atoms with Gasteiger partial charge in [0.15, 0.2) is 0 Å². The number of hydrogen-bond acceptors (Lipinski definition) is 2. The van der Waals surface area contributed by atoms with Gasteiger partial charge >= 0.3 is 6.18 Å². The van der Waals surface area contributed by atoms with Gasteiger partial charge in [-0.05, 0) is 36.8 Å². The summed E-state index contributed by atoms with van der Waals surface area (Å²) in [6.07, 6.45) is -4.41. The fourth-order valence-corrected chi connectivity index (χ4v) is 2.09. The van der Waals surface area contributed by atoms with Crippen molar-refractivity contribution in [1.29, 1.82) is 0 Å². The number of ether oxygens (including phenoxy) is 1. The van der Waals surface area contributed by atoms with Crippen LogP contribution in [-0.2, 0) is 17.5 Å². The number of carbonyl (C=O) groups excluding carboxylic acids is 1. The largest absolute Gasteiger partial charge is 0.416 e. The molecule has 1 unspecified atom stereocenters. The molecule has 0 radical (unpaired) electrons. The van der Waals surface area contributed by atoms with E-state index >= 15 is 0 Å².